The number of amidine groups is 1. The number of thioether (sulfide) groups is 1. The molecule has 0 spiro atoms. The van der Waals surface area contributed by atoms with Crippen molar-refractivity contribution in [3.8, 4) is 6.19 Å². The molecule has 0 bridgehead atoms. The highest BCUT2D eigenvalue weighted by molar-refractivity contribution is 8.13. The summed E-state index contributed by atoms with van der Waals surface area (Å²) in [6.07, 6.45) is 4.59. The molecule has 1 N–H and O–H groups in total. The van der Waals surface area contributed by atoms with Crippen LogP contribution in [0.15, 0.2) is 4.99 Å². The van der Waals surface area contributed by atoms with Crippen LogP contribution in [0.1, 0.15) is 13.3 Å². The fourth-order valence-electron chi connectivity index (χ4n) is 1.63. The van der Waals surface area contributed by atoms with Crippen molar-refractivity contribution in [2.75, 3.05) is 19.3 Å². The van der Waals surface area contributed by atoms with Gasteiger partial charge >= 0.3 is 0 Å². The van der Waals surface area contributed by atoms with Crippen LogP contribution in [0, 0.1) is 11.5 Å². The number of hydrogen-bond acceptors (Lipinski definition) is 4. The molecule has 0 aliphatic carbocycles. The Morgan fingerprint density at radius 3 is 3.00 bits per heavy atom. The lowest BCUT2D eigenvalue weighted by Gasteiger charge is -2.17. The Morgan fingerprint density at radius 1 is 1.73 bits per heavy atom. The molecular formula is C9H14N4OS. The van der Waals surface area contributed by atoms with E-state index >= 15 is 0 Å². The molecule has 1 heterocycles. The molecule has 0 saturated carbocycles. The summed E-state index contributed by atoms with van der Waals surface area (Å²) in [7, 11) is 0. The third-order valence-electron chi connectivity index (χ3n) is 2.19. The summed E-state index contributed by atoms with van der Waals surface area (Å²) >= 11 is 1.45. The van der Waals surface area contributed by atoms with Gasteiger partial charge in [-0.1, -0.05) is 11.8 Å². The highest BCUT2D eigenvalue weighted by Gasteiger charge is 2.25. The predicted molar refractivity (Wildman–Crippen MR) is 60.4 cm³/mol. The SMILES string of the molecule is CSC(=NC#N)N1CCC(NC(C)=O)C1. The fraction of sp³-hybridized carbons (Fsp3) is 0.667. The minimum Gasteiger partial charge on any atom is -0.352 e. The molecular weight excluding hydrogens is 212 g/mol. The zero-order valence-corrected chi connectivity index (χ0v) is 9.67. The second-order valence-electron chi connectivity index (χ2n) is 3.33. The van der Waals surface area contributed by atoms with Crippen molar-refractivity contribution in [1.82, 2.24) is 10.2 Å². The van der Waals surface area contributed by atoms with Crippen molar-refractivity contribution >= 4 is 22.8 Å². The summed E-state index contributed by atoms with van der Waals surface area (Å²) in [4.78, 5) is 16.6. The van der Waals surface area contributed by atoms with Gasteiger partial charge in [-0.05, 0) is 12.7 Å². The quantitative estimate of drug-likeness (QED) is 0.399. The Morgan fingerprint density at radius 2 is 2.47 bits per heavy atom. The highest BCUT2D eigenvalue weighted by atomic mass is 32.2. The lowest BCUT2D eigenvalue weighted by atomic mass is 10.3. The molecule has 5 nitrogen and oxygen atoms in total. The number of aliphatic imine (C=N–C) groups is 1. The van der Waals surface area contributed by atoms with E-state index in [4.69, 9.17) is 5.26 Å². The fourth-order valence-corrected chi connectivity index (χ4v) is 2.18. The van der Waals surface area contributed by atoms with Gasteiger partial charge in [-0.15, -0.1) is 4.99 Å². The van der Waals surface area contributed by atoms with E-state index in [1.165, 1.54) is 18.7 Å². The second kappa shape index (κ2) is 5.61. The van der Waals surface area contributed by atoms with Crippen LogP contribution in [0.5, 0.6) is 0 Å². The molecule has 1 unspecified atom stereocenters. The Balaban J connectivity index is 2.52. The van der Waals surface area contributed by atoms with E-state index in [1.807, 2.05) is 11.2 Å². The van der Waals surface area contributed by atoms with Crippen LogP contribution in [0.25, 0.3) is 0 Å². The minimum absolute atomic E-state index is 0.00947. The smallest absolute Gasteiger partial charge is 0.217 e. The van der Waals surface area contributed by atoms with Gasteiger partial charge in [-0.2, -0.15) is 5.26 Å². The number of amides is 1. The van der Waals surface area contributed by atoms with E-state index in [9.17, 15) is 4.79 Å². The van der Waals surface area contributed by atoms with Gasteiger partial charge in [0.05, 0.1) is 0 Å². The lowest BCUT2D eigenvalue weighted by Crippen LogP contribution is -2.36. The third-order valence-corrected chi connectivity index (χ3v) is 2.91. The Kier molecular flexibility index (Phi) is 4.43. The average Bonchev–Trinajstić information content (AvgIpc) is 2.61. The molecule has 0 radical (unpaired) electrons. The molecule has 1 fully saturated rings. The molecule has 1 aliphatic heterocycles. The first-order chi connectivity index (χ1) is 7.17. The van der Waals surface area contributed by atoms with Gasteiger partial charge in [-0.3, -0.25) is 4.79 Å². The van der Waals surface area contributed by atoms with Crippen molar-refractivity contribution in [3.63, 3.8) is 0 Å². The van der Waals surface area contributed by atoms with E-state index in [2.05, 4.69) is 10.3 Å². The molecule has 0 aromatic heterocycles. The van der Waals surface area contributed by atoms with Crippen LogP contribution in [0.2, 0.25) is 0 Å². The van der Waals surface area contributed by atoms with Crippen LogP contribution in [0.4, 0.5) is 0 Å². The third kappa shape index (κ3) is 3.44. The normalized spacial score (nSPS) is 21.3. The van der Waals surface area contributed by atoms with Gasteiger partial charge in [0, 0.05) is 26.1 Å². The zero-order valence-electron chi connectivity index (χ0n) is 8.86. The highest BCUT2D eigenvalue weighted by Crippen LogP contribution is 2.14. The van der Waals surface area contributed by atoms with E-state index in [-0.39, 0.29) is 11.9 Å². The first-order valence-corrected chi connectivity index (χ1v) is 5.92. The van der Waals surface area contributed by atoms with Gasteiger partial charge in [0.15, 0.2) is 5.17 Å². The van der Waals surface area contributed by atoms with Crippen molar-refractivity contribution < 1.29 is 4.79 Å². The molecule has 1 aliphatic rings. The number of hydrogen-bond donors (Lipinski definition) is 1. The van der Waals surface area contributed by atoms with Crippen LogP contribution >= 0.6 is 11.8 Å². The summed E-state index contributed by atoms with van der Waals surface area (Å²) < 4.78 is 0. The number of carbonyl (C=O) groups is 1. The number of likely N-dealkylation sites (tertiary alicyclic amines) is 1. The molecule has 15 heavy (non-hydrogen) atoms. The maximum absolute atomic E-state index is 10.9. The molecule has 1 rings (SSSR count). The summed E-state index contributed by atoms with van der Waals surface area (Å²) in [6, 6.07) is 0.179. The van der Waals surface area contributed by atoms with Gasteiger partial charge in [0.1, 0.15) is 0 Å². The second-order valence-corrected chi connectivity index (χ2v) is 4.10. The topological polar surface area (TPSA) is 68.5 Å². The van der Waals surface area contributed by atoms with Gasteiger partial charge in [-0.25, -0.2) is 0 Å². The molecule has 1 saturated heterocycles. The van der Waals surface area contributed by atoms with Crippen molar-refractivity contribution in [2.45, 2.75) is 19.4 Å². The first kappa shape index (κ1) is 11.9. The molecule has 0 aromatic rings. The van der Waals surface area contributed by atoms with Crippen LogP contribution in [0.3, 0.4) is 0 Å². The Labute approximate surface area is 93.5 Å². The van der Waals surface area contributed by atoms with Gasteiger partial charge in [0.2, 0.25) is 12.1 Å². The Hall–Kier alpha value is -1.22. The maximum Gasteiger partial charge on any atom is 0.217 e. The number of carbonyl (C=O) groups excluding carboxylic acids is 1. The van der Waals surface area contributed by atoms with Crippen molar-refractivity contribution in [3.05, 3.63) is 0 Å². The summed E-state index contributed by atoms with van der Waals surface area (Å²) in [5, 5.41) is 12.1. The number of nitrogens with zero attached hydrogens (tertiary/aromatic N) is 3. The average molecular weight is 226 g/mol. The van der Waals surface area contributed by atoms with Crippen molar-refractivity contribution in [1.29, 1.82) is 5.26 Å². The monoisotopic (exact) mass is 226 g/mol. The molecule has 6 heteroatoms. The minimum atomic E-state index is -0.00947. The zero-order chi connectivity index (χ0) is 11.3. The summed E-state index contributed by atoms with van der Waals surface area (Å²) in [5.74, 6) is -0.00947. The number of rotatable bonds is 1. The molecule has 0 aromatic carbocycles. The lowest BCUT2D eigenvalue weighted by molar-refractivity contribution is -0.119. The van der Waals surface area contributed by atoms with E-state index in [0.717, 1.165) is 24.7 Å². The standard InChI is InChI=1S/C9H14N4OS/c1-7(14)12-8-3-4-13(5-8)9(15-2)11-6-10/h8H,3-5H2,1-2H3,(H,12,14). The maximum atomic E-state index is 10.9. The van der Waals surface area contributed by atoms with Crippen molar-refractivity contribution in [2.24, 2.45) is 4.99 Å². The van der Waals surface area contributed by atoms with Gasteiger partial charge in [0.25, 0.3) is 0 Å². The molecule has 1 atom stereocenters. The van der Waals surface area contributed by atoms with Crippen LogP contribution in [-0.2, 0) is 4.79 Å². The first-order valence-electron chi connectivity index (χ1n) is 4.70. The van der Waals surface area contributed by atoms with Gasteiger partial charge < -0.3 is 10.2 Å². The Bertz CT molecular complexity index is 310. The number of nitriles is 1. The van der Waals surface area contributed by atoms with Crippen LogP contribution in [-0.4, -0.2) is 41.4 Å². The predicted octanol–water partition coefficient (Wildman–Crippen LogP) is 0.397. The largest absolute Gasteiger partial charge is 0.352 e. The van der Waals surface area contributed by atoms with Crippen LogP contribution < -0.4 is 5.32 Å². The van der Waals surface area contributed by atoms with E-state index < -0.39 is 0 Å². The number of nitrogens with one attached hydrogen (secondary N) is 1. The van der Waals surface area contributed by atoms with E-state index in [1.54, 1.807) is 6.19 Å². The van der Waals surface area contributed by atoms with E-state index in [0.29, 0.717) is 0 Å². The molecule has 82 valence electrons. The summed E-state index contributed by atoms with van der Waals surface area (Å²) in [6.45, 7) is 3.09. The summed E-state index contributed by atoms with van der Waals surface area (Å²) in [5.41, 5.74) is 0. The molecule has 1 amide bonds.